The van der Waals surface area contributed by atoms with Gasteiger partial charge in [0.25, 0.3) is 0 Å². The Hall–Kier alpha value is -1.42. The second kappa shape index (κ2) is 5.79. The fourth-order valence-electron chi connectivity index (χ4n) is 6.10. The van der Waals surface area contributed by atoms with Crippen LogP contribution in [0.25, 0.3) is 0 Å². The molecule has 1 N–H and O–H groups in total. The van der Waals surface area contributed by atoms with Gasteiger partial charge in [-0.15, -0.1) is 6.58 Å². The number of hydrogen-bond acceptors (Lipinski definition) is 3. The molecule has 3 aliphatic rings. The number of Topliss-reactive ketones (excluding diaryl/α,β-unsaturated/α-hetero) is 1. The molecule has 0 unspecified atom stereocenters. The van der Waals surface area contributed by atoms with Gasteiger partial charge in [-0.25, -0.2) is 0 Å². The van der Waals surface area contributed by atoms with Crippen molar-refractivity contribution in [3.63, 3.8) is 0 Å². The molecule has 4 nitrogen and oxygen atoms in total. The molecule has 0 aromatic rings. The highest BCUT2D eigenvalue weighted by atomic mass is 16.5. The minimum absolute atomic E-state index is 0.0184. The summed E-state index contributed by atoms with van der Waals surface area (Å²) in [7, 11) is 0. The zero-order valence-electron chi connectivity index (χ0n) is 17.1. The molecule has 0 aromatic heterocycles. The van der Waals surface area contributed by atoms with E-state index in [-0.39, 0.29) is 34.5 Å². The van der Waals surface area contributed by atoms with Gasteiger partial charge in [0, 0.05) is 18.8 Å². The van der Waals surface area contributed by atoms with Gasteiger partial charge in [0.2, 0.25) is 5.91 Å². The number of carbonyl (C=O) groups is 2. The zero-order chi connectivity index (χ0) is 19.5. The molecular formula is C22H33NO3. The van der Waals surface area contributed by atoms with Crippen LogP contribution < -0.4 is 5.32 Å². The number of hydrogen-bond donors (Lipinski definition) is 1. The van der Waals surface area contributed by atoms with Crippen LogP contribution in [0.2, 0.25) is 0 Å². The number of carbonyl (C=O) groups excluding carboxylic acids is 2. The molecule has 1 aliphatic heterocycles. The summed E-state index contributed by atoms with van der Waals surface area (Å²) in [5.41, 5.74) is -0.396. The van der Waals surface area contributed by atoms with Crippen molar-refractivity contribution in [3.05, 3.63) is 24.3 Å². The van der Waals surface area contributed by atoms with Crippen LogP contribution in [0.1, 0.15) is 67.2 Å². The van der Waals surface area contributed by atoms with E-state index in [0.29, 0.717) is 6.42 Å². The van der Waals surface area contributed by atoms with Gasteiger partial charge in [-0.05, 0) is 32.1 Å². The molecular weight excluding hydrogens is 326 g/mol. The molecule has 1 saturated carbocycles. The van der Waals surface area contributed by atoms with Crippen LogP contribution in [0.3, 0.4) is 0 Å². The van der Waals surface area contributed by atoms with E-state index in [1.807, 2.05) is 13.8 Å². The first-order valence-electron chi connectivity index (χ1n) is 9.74. The van der Waals surface area contributed by atoms with E-state index in [1.54, 1.807) is 6.08 Å². The number of fused-ring (bicyclic) bond motifs is 3. The molecule has 1 heterocycles. The third kappa shape index (κ3) is 2.69. The van der Waals surface area contributed by atoms with Crippen molar-refractivity contribution in [1.29, 1.82) is 0 Å². The second-order valence-electron chi connectivity index (χ2n) is 9.79. The van der Waals surface area contributed by atoms with Crippen molar-refractivity contribution < 1.29 is 14.3 Å². The molecule has 0 radical (unpaired) electrons. The molecule has 1 saturated heterocycles. The van der Waals surface area contributed by atoms with Crippen LogP contribution in [-0.4, -0.2) is 28.9 Å². The average Bonchev–Trinajstić information content (AvgIpc) is 2.47. The van der Waals surface area contributed by atoms with Crippen LogP contribution in [0, 0.1) is 16.7 Å². The van der Waals surface area contributed by atoms with Crippen LogP contribution in [0.4, 0.5) is 0 Å². The van der Waals surface area contributed by atoms with Gasteiger partial charge >= 0.3 is 0 Å². The standard InChI is InChI=1S/C22H33NO3/c1-8-20(5)13-15(25)18-21(6)11-9-10-19(3,4)16(21)12-17(23-14(2)24)22(18,7)26-20/h8,12,17-18H,1,9-11,13H2,2-7H3,(H,23,24)/t17-,18+,20-,21-,22+/m0/s1. The summed E-state index contributed by atoms with van der Waals surface area (Å²) in [5.74, 6) is -0.146. The van der Waals surface area contributed by atoms with E-state index < -0.39 is 11.2 Å². The lowest BCUT2D eigenvalue weighted by atomic mass is 9.47. The Morgan fingerprint density at radius 1 is 1.27 bits per heavy atom. The lowest BCUT2D eigenvalue weighted by Gasteiger charge is -2.62. The van der Waals surface area contributed by atoms with Gasteiger partial charge in [0.15, 0.2) is 0 Å². The highest BCUT2D eigenvalue weighted by Gasteiger charge is 2.64. The Labute approximate surface area is 157 Å². The van der Waals surface area contributed by atoms with Crippen LogP contribution in [0.15, 0.2) is 24.3 Å². The summed E-state index contributed by atoms with van der Waals surface area (Å²) in [4.78, 5) is 25.4. The van der Waals surface area contributed by atoms with Crippen molar-refractivity contribution in [2.45, 2.75) is 84.5 Å². The molecule has 1 amide bonds. The third-order valence-electron chi connectivity index (χ3n) is 7.09. The Balaban J connectivity index is 2.21. The quantitative estimate of drug-likeness (QED) is 0.759. The molecule has 0 bridgehead atoms. The maximum atomic E-state index is 13.4. The Morgan fingerprint density at radius 2 is 1.92 bits per heavy atom. The van der Waals surface area contributed by atoms with Crippen molar-refractivity contribution in [3.8, 4) is 0 Å². The summed E-state index contributed by atoms with van der Waals surface area (Å²) in [5, 5.41) is 3.07. The Morgan fingerprint density at radius 3 is 2.50 bits per heavy atom. The minimum atomic E-state index is -0.782. The summed E-state index contributed by atoms with van der Waals surface area (Å²) in [6, 6.07) is -0.325. The van der Waals surface area contributed by atoms with Gasteiger partial charge in [0.1, 0.15) is 11.4 Å². The number of ether oxygens (including phenoxy) is 1. The van der Waals surface area contributed by atoms with Crippen LogP contribution in [0.5, 0.6) is 0 Å². The molecule has 5 atom stereocenters. The molecule has 144 valence electrons. The maximum Gasteiger partial charge on any atom is 0.217 e. The highest BCUT2D eigenvalue weighted by Crippen LogP contribution is 2.62. The molecule has 0 aromatic carbocycles. The zero-order valence-corrected chi connectivity index (χ0v) is 17.1. The van der Waals surface area contributed by atoms with Crippen molar-refractivity contribution in [1.82, 2.24) is 5.32 Å². The molecule has 0 spiro atoms. The minimum Gasteiger partial charge on any atom is -0.361 e. The normalized spacial score (nSPS) is 44.4. The molecule has 2 aliphatic carbocycles. The molecule has 3 rings (SSSR count). The second-order valence-corrected chi connectivity index (χ2v) is 9.79. The molecule has 2 fully saturated rings. The first-order chi connectivity index (χ1) is 11.9. The van der Waals surface area contributed by atoms with Gasteiger partial charge in [-0.3, -0.25) is 9.59 Å². The molecule has 26 heavy (non-hydrogen) atoms. The molecule has 4 heteroatoms. The number of allylic oxidation sites excluding steroid dienone is 1. The Kier molecular flexibility index (Phi) is 4.31. The van der Waals surface area contributed by atoms with E-state index in [4.69, 9.17) is 4.74 Å². The lowest BCUT2D eigenvalue weighted by molar-refractivity contribution is -0.213. The van der Waals surface area contributed by atoms with Crippen molar-refractivity contribution >= 4 is 11.7 Å². The number of rotatable bonds is 2. The number of nitrogens with one attached hydrogen (secondary N) is 1. The van der Waals surface area contributed by atoms with E-state index in [1.165, 1.54) is 12.5 Å². The third-order valence-corrected chi connectivity index (χ3v) is 7.09. The predicted octanol–water partition coefficient (Wildman–Crippen LogP) is 3.96. The summed E-state index contributed by atoms with van der Waals surface area (Å²) >= 11 is 0. The summed E-state index contributed by atoms with van der Waals surface area (Å²) in [6.45, 7) is 16.1. The van der Waals surface area contributed by atoms with Crippen molar-refractivity contribution in [2.75, 3.05) is 0 Å². The van der Waals surface area contributed by atoms with Crippen LogP contribution >= 0.6 is 0 Å². The highest BCUT2D eigenvalue weighted by molar-refractivity contribution is 5.87. The van der Waals surface area contributed by atoms with E-state index in [2.05, 4.69) is 38.7 Å². The van der Waals surface area contributed by atoms with Gasteiger partial charge in [0.05, 0.1) is 17.6 Å². The smallest absolute Gasteiger partial charge is 0.217 e. The fraction of sp³-hybridized carbons (Fsp3) is 0.727. The van der Waals surface area contributed by atoms with E-state index in [0.717, 1.165) is 19.3 Å². The Bertz CT molecular complexity index is 694. The number of amides is 1. The number of ketones is 1. The first kappa shape index (κ1) is 19.3. The average molecular weight is 360 g/mol. The van der Waals surface area contributed by atoms with E-state index in [9.17, 15) is 9.59 Å². The largest absolute Gasteiger partial charge is 0.361 e. The fourth-order valence-corrected chi connectivity index (χ4v) is 6.10. The topological polar surface area (TPSA) is 55.4 Å². The van der Waals surface area contributed by atoms with Gasteiger partial charge in [-0.2, -0.15) is 0 Å². The predicted molar refractivity (Wildman–Crippen MR) is 103 cm³/mol. The van der Waals surface area contributed by atoms with Crippen LogP contribution in [-0.2, 0) is 14.3 Å². The summed E-state index contributed by atoms with van der Waals surface area (Å²) < 4.78 is 6.58. The van der Waals surface area contributed by atoms with E-state index >= 15 is 0 Å². The van der Waals surface area contributed by atoms with Gasteiger partial charge < -0.3 is 10.1 Å². The summed E-state index contributed by atoms with van der Waals surface area (Å²) in [6.07, 6.45) is 7.44. The SMILES string of the molecule is C=C[C@@]1(C)CC(=O)[C@H]2[C@](C)(O1)[C@@H](NC(C)=O)C=C1C(C)(C)CCC[C@@]12C. The maximum absolute atomic E-state index is 13.4. The first-order valence-corrected chi connectivity index (χ1v) is 9.74. The lowest BCUT2D eigenvalue weighted by Crippen LogP contribution is -2.70. The van der Waals surface area contributed by atoms with Gasteiger partial charge in [-0.1, -0.05) is 44.9 Å². The van der Waals surface area contributed by atoms with Crippen molar-refractivity contribution in [2.24, 2.45) is 16.7 Å². The monoisotopic (exact) mass is 359 g/mol.